The molecule has 1 aliphatic heterocycles. The number of halogens is 1. The molecule has 3 aromatic rings. The second-order valence-electron chi connectivity index (χ2n) is 6.97. The zero-order chi connectivity index (χ0) is 18.5. The highest BCUT2D eigenvalue weighted by molar-refractivity contribution is 6.30. The number of piperidine rings is 1. The van der Waals surface area contributed by atoms with Crippen molar-refractivity contribution >= 4 is 11.6 Å². The van der Waals surface area contributed by atoms with Crippen molar-refractivity contribution in [2.45, 2.75) is 31.8 Å². The van der Waals surface area contributed by atoms with E-state index in [-0.39, 0.29) is 0 Å². The van der Waals surface area contributed by atoms with E-state index in [4.69, 9.17) is 16.3 Å². The van der Waals surface area contributed by atoms with Crippen LogP contribution in [0.3, 0.4) is 0 Å². The lowest BCUT2D eigenvalue weighted by Gasteiger charge is -2.36. The van der Waals surface area contributed by atoms with Gasteiger partial charge in [-0.25, -0.2) is 0 Å². The third-order valence-corrected chi connectivity index (χ3v) is 5.27. The predicted octanol–water partition coefficient (Wildman–Crippen LogP) is 6.25. The first-order valence-electron chi connectivity index (χ1n) is 9.44. The molecule has 0 N–H and O–H groups in total. The molecule has 4 rings (SSSR count). The number of likely N-dealkylation sites (tertiary alicyclic amines) is 1. The topological polar surface area (TPSA) is 25.4 Å². The Labute approximate surface area is 165 Å². The number of hydrogen-bond acceptors (Lipinski definition) is 3. The summed E-state index contributed by atoms with van der Waals surface area (Å²) >= 11 is 5.95. The Morgan fingerprint density at radius 3 is 2.70 bits per heavy atom. The van der Waals surface area contributed by atoms with Crippen molar-refractivity contribution in [3.05, 3.63) is 89.2 Å². The van der Waals surface area contributed by atoms with Crippen LogP contribution in [-0.2, 0) is 6.54 Å². The summed E-state index contributed by atoms with van der Waals surface area (Å²) in [5, 5.41) is 0.711. The summed E-state index contributed by atoms with van der Waals surface area (Å²) in [5.74, 6) is 1.65. The predicted molar refractivity (Wildman–Crippen MR) is 109 cm³/mol. The molecule has 1 unspecified atom stereocenters. The quantitative estimate of drug-likeness (QED) is 0.524. The molecule has 1 fully saturated rings. The van der Waals surface area contributed by atoms with Gasteiger partial charge in [0.1, 0.15) is 11.5 Å². The zero-order valence-electron chi connectivity index (χ0n) is 15.2. The molecule has 1 aliphatic rings. The van der Waals surface area contributed by atoms with Crippen LogP contribution in [0, 0.1) is 0 Å². The molecule has 1 atom stereocenters. The first-order chi connectivity index (χ1) is 13.3. The number of ether oxygens (including phenoxy) is 1. The van der Waals surface area contributed by atoms with Gasteiger partial charge in [-0.1, -0.05) is 36.2 Å². The van der Waals surface area contributed by atoms with Crippen molar-refractivity contribution in [2.75, 3.05) is 6.54 Å². The SMILES string of the molecule is Clc1ccc(Oc2cccc(CN3CCCCC3c3cccnc3)c2)cc1. The zero-order valence-corrected chi connectivity index (χ0v) is 16.0. The molecule has 1 aromatic heterocycles. The van der Waals surface area contributed by atoms with Gasteiger partial charge in [0.05, 0.1) is 0 Å². The molecule has 0 aliphatic carbocycles. The molecule has 2 aromatic carbocycles. The van der Waals surface area contributed by atoms with Crippen molar-refractivity contribution in [1.29, 1.82) is 0 Å². The number of rotatable bonds is 5. The fraction of sp³-hybridized carbons (Fsp3) is 0.261. The second-order valence-corrected chi connectivity index (χ2v) is 7.41. The van der Waals surface area contributed by atoms with Crippen molar-refractivity contribution < 1.29 is 4.74 Å². The Bertz CT molecular complexity index is 867. The minimum atomic E-state index is 0.438. The molecule has 138 valence electrons. The molecule has 3 nitrogen and oxygen atoms in total. The number of benzene rings is 2. The van der Waals surface area contributed by atoms with Gasteiger partial charge in [-0.3, -0.25) is 9.88 Å². The fourth-order valence-corrected chi connectivity index (χ4v) is 3.84. The van der Waals surface area contributed by atoms with Crippen LogP contribution in [0.5, 0.6) is 11.5 Å². The van der Waals surface area contributed by atoms with Gasteiger partial charge in [0.25, 0.3) is 0 Å². The van der Waals surface area contributed by atoms with Gasteiger partial charge in [0.2, 0.25) is 0 Å². The number of nitrogens with zero attached hydrogens (tertiary/aromatic N) is 2. The maximum absolute atomic E-state index is 5.99. The van der Waals surface area contributed by atoms with E-state index < -0.39 is 0 Å². The van der Waals surface area contributed by atoms with Gasteiger partial charge in [-0.2, -0.15) is 0 Å². The van der Waals surface area contributed by atoms with Crippen molar-refractivity contribution in [1.82, 2.24) is 9.88 Å². The molecule has 2 heterocycles. The molecule has 0 amide bonds. The third kappa shape index (κ3) is 4.68. The lowest BCUT2D eigenvalue weighted by Crippen LogP contribution is -2.32. The maximum Gasteiger partial charge on any atom is 0.127 e. The van der Waals surface area contributed by atoms with Crippen LogP contribution < -0.4 is 4.74 Å². The summed E-state index contributed by atoms with van der Waals surface area (Å²) in [4.78, 5) is 6.87. The van der Waals surface area contributed by atoms with Crippen LogP contribution in [0.25, 0.3) is 0 Å². The first-order valence-corrected chi connectivity index (χ1v) is 9.82. The van der Waals surface area contributed by atoms with Crippen molar-refractivity contribution in [3.63, 3.8) is 0 Å². The minimum Gasteiger partial charge on any atom is -0.457 e. The highest BCUT2D eigenvalue weighted by Crippen LogP contribution is 2.32. The van der Waals surface area contributed by atoms with Crippen molar-refractivity contribution in [3.8, 4) is 11.5 Å². The number of hydrogen-bond donors (Lipinski definition) is 0. The molecule has 0 spiro atoms. The van der Waals surface area contributed by atoms with Gasteiger partial charge >= 0.3 is 0 Å². The minimum absolute atomic E-state index is 0.438. The second kappa shape index (κ2) is 8.55. The number of pyridine rings is 1. The summed E-state index contributed by atoms with van der Waals surface area (Å²) in [7, 11) is 0. The van der Waals surface area contributed by atoms with Crippen molar-refractivity contribution in [2.24, 2.45) is 0 Å². The molecule has 0 saturated carbocycles. The Balaban J connectivity index is 1.49. The maximum atomic E-state index is 5.99. The van der Waals surface area contributed by atoms with E-state index in [1.54, 1.807) is 0 Å². The van der Waals surface area contributed by atoms with Crippen LogP contribution >= 0.6 is 11.6 Å². The van der Waals surface area contributed by atoms with Crippen LogP contribution in [-0.4, -0.2) is 16.4 Å². The van der Waals surface area contributed by atoms with E-state index in [0.717, 1.165) is 24.6 Å². The molecule has 0 bridgehead atoms. The van der Waals surface area contributed by atoms with Gasteiger partial charge in [-0.05, 0) is 73.0 Å². The van der Waals surface area contributed by atoms with Gasteiger partial charge in [0, 0.05) is 30.0 Å². The Hall–Kier alpha value is -2.36. The highest BCUT2D eigenvalue weighted by atomic mass is 35.5. The third-order valence-electron chi connectivity index (χ3n) is 5.02. The van der Waals surface area contributed by atoms with Crippen LogP contribution in [0.15, 0.2) is 73.1 Å². The molecule has 0 radical (unpaired) electrons. The smallest absolute Gasteiger partial charge is 0.127 e. The monoisotopic (exact) mass is 378 g/mol. The van der Waals surface area contributed by atoms with Gasteiger partial charge < -0.3 is 4.74 Å². The van der Waals surface area contributed by atoms with E-state index in [9.17, 15) is 0 Å². The lowest BCUT2D eigenvalue weighted by atomic mass is 9.96. The van der Waals surface area contributed by atoms with E-state index in [1.165, 1.54) is 30.4 Å². The standard InChI is InChI=1S/C23H23ClN2O/c24-20-9-11-21(12-10-20)27-22-7-3-5-18(15-22)17-26-14-2-1-8-23(26)19-6-4-13-25-16-19/h3-7,9-13,15-16,23H,1-2,8,14,17H2. The average Bonchev–Trinajstić information content (AvgIpc) is 2.71. The average molecular weight is 379 g/mol. The van der Waals surface area contributed by atoms with E-state index in [2.05, 4.69) is 34.1 Å². The summed E-state index contributed by atoms with van der Waals surface area (Å²) in [6.45, 7) is 2.03. The Morgan fingerprint density at radius 1 is 1.00 bits per heavy atom. The molecule has 4 heteroatoms. The lowest BCUT2D eigenvalue weighted by molar-refractivity contribution is 0.140. The Morgan fingerprint density at radius 2 is 1.89 bits per heavy atom. The summed E-state index contributed by atoms with van der Waals surface area (Å²) in [6.07, 6.45) is 7.55. The normalized spacial score (nSPS) is 17.6. The van der Waals surface area contributed by atoms with E-state index in [1.807, 2.05) is 48.8 Å². The summed E-state index contributed by atoms with van der Waals surface area (Å²) in [6, 6.07) is 20.5. The largest absolute Gasteiger partial charge is 0.457 e. The van der Waals surface area contributed by atoms with Crippen LogP contribution in [0.2, 0.25) is 5.02 Å². The summed E-state index contributed by atoms with van der Waals surface area (Å²) < 4.78 is 5.99. The Kier molecular flexibility index (Phi) is 5.71. The fourth-order valence-electron chi connectivity index (χ4n) is 3.71. The van der Waals surface area contributed by atoms with Crippen LogP contribution in [0.4, 0.5) is 0 Å². The van der Waals surface area contributed by atoms with E-state index >= 15 is 0 Å². The van der Waals surface area contributed by atoms with Crippen LogP contribution in [0.1, 0.15) is 36.4 Å². The first kappa shape index (κ1) is 18.0. The molecular formula is C23H23ClN2O. The van der Waals surface area contributed by atoms with Gasteiger partial charge in [0.15, 0.2) is 0 Å². The molecule has 27 heavy (non-hydrogen) atoms. The number of aromatic nitrogens is 1. The summed E-state index contributed by atoms with van der Waals surface area (Å²) in [5.41, 5.74) is 2.57. The van der Waals surface area contributed by atoms with E-state index in [0.29, 0.717) is 11.1 Å². The highest BCUT2D eigenvalue weighted by Gasteiger charge is 2.24. The molecular weight excluding hydrogens is 356 g/mol. The molecule has 1 saturated heterocycles. The van der Waals surface area contributed by atoms with Gasteiger partial charge in [-0.15, -0.1) is 0 Å².